The predicted molar refractivity (Wildman–Crippen MR) is 152 cm³/mol. The lowest BCUT2D eigenvalue weighted by Gasteiger charge is -2.35. The van der Waals surface area contributed by atoms with Crippen LogP contribution in [0.25, 0.3) is 22.2 Å². The fraction of sp³-hybridized carbons (Fsp3) is 0.452. The van der Waals surface area contributed by atoms with Crippen molar-refractivity contribution in [2.24, 2.45) is 11.7 Å². The highest BCUT2D eigenvalue weighted by Gasteiger charge is 2.28. The molecule has 2 aromatic carbocycles. The molecule has 3 aromatic rings. The first-order valence-electron chi connectivity index (χ1n) is 14.0. The zero-order chi connectivity index (χ0) is 26.5. The standard InChI is InChI=1S/C31H39N5O2/c1-22(23-10-4-2-5-11-23)33-31(38)29-25-14-8-9-15-27(25)34-30(24-12-6-3-7-13-24)26(29)20-35-16-18-36(19-17-35)21-28(32)37/h3,6-9,12-15,22-23H,2,4-5,10-11,16-21H2,1H3,(H2,32,37)(H,33,38)/t22-/m0/s1. The van der Waals surface area contributed by atoms with Gasteiger partial charge in [-0.15, -0.1) is 0 Å². The zero-order valence-corrected chi connectivity index (χ0v) is 22.4. The Balaban J connectivity index is 1.52. The van der Waals surface area contributed by atoms with Gasteiger partial charge in [-0.05, 0) is 31.7 Å². The number of nitrogens with two attached hydrogens (primary N) is 1. The van der Waals surface area contributed by atoms with E-state index in [4.69, 9.17) is 10.7 Å². The van der Waals surface area contributed by atoms with Crippen molar-refractivity contribution in [2.45, 2.75) is 51.6 Å². The number of amides is 2. The maximum atomic E-state index is 14.1. The number of benzene rings is 2. The molecule has 2 fully saturated rings. The molecular formula is C31H39N5O2. The van der Waals surface area contributed by atoms with Crippen LogP contribution in [0.5, 0.6) is 0 Å². The van der Waals surface area contributed by atoms with Crippen LogP contribution in [-0.4, -0.2) is 65.4 Å². The van der Waals surface area contributed by atoms with E-state index in [9.17, 15) is 9.59 Å². The van der Waals surface area contributed by atoms with Gasteiger partial charge in [0.2, 0.25) is 5.91 Å². The number of rotatable bonds is 8. The minimum atomic E-state index is -0.297. The lowest BCUT2D eigenvalue weighted by Crippen LogP contribution is -2.48. The maximum Gasteiger partial charge on any atom is 0.252 e. The molecule has 1 saturated carbocycles. The van der Waals surface area contributed by atoms with Crippen LogP contribution < -0.4 is 11.1 Å². The largest absolute Gasteiger partial charge is 0.369 e. The Morgan fingerprint density at radius 3 is 2.32 bits per heavy atom. The third-order valence-electron chi connectivity index (χ3n) is 8.21. The van der Waals surface area contributed by atoms with E-state index in [1.165, 1.54) is 32.1 Å². The molecule has 3 N–H and O–H groups in total. The van der Waals surface area contributed by atoms with Gasteiger partial charge in [0, 0.05) is 55.3 Å². The summed E-state index contributed by atoms with van der Waals surface area (Å²) in [7, 11) is 0. The second kappa shape index (κ2) is 12.0. The highest BCUT2D eigenvalue weighted by atomic mass is 16.2. The molecule has 7 nitrogen and oxygen atoms in total. The van der Waals surface area contributed by atoms with Gasteiger partial charge >= 0.3 is 0 Å². The van der Waals surface area contributed by atoms with Crippen LogP contribution in [0.2, 0.25) is 0 Å². The molecule has 0 bridgehead atoms. The second-order valence-electron chi connectivity index (χ2n) is 10.9. The Bertz CT molecular complexity index is 1260. The molecule has 1 aromatic heterocycles. The molecule has 5 rings (SSSR count). The summed E-state index contributed by atoms with van der Waals surface area (Å²) < 4.78 is 0. The van der Waals surface area contributed by atoms with E-state index in [0.717, 1.165) is 59.5 Å². The SMILES string of the molecule is C[C@H](NC(=O)c1c(CN2CCN(CC(N)=O)CC2)c(-c2ccccc2)nc2ccccc12)C1CCCCC1. The molecular weight excluding hydrogens is 474 g/mol. The number of nitrogens with one attached hydrogen (secondary N) is 1. The lowest BCUT2D eigenvalue weighted by atomic mass is 9.84. The summed E-state index contributed by atoms with van der Waals surface area (Å²) in [5.74, 6) is 0.215. The van der Waals surface area contributed by atoms with Crippen LogP contribution in [0.4, 0.5) is 0 Å². The number of aromatic nitrogens is 1. The summed E-state index contributed by atoms with van der Waals surface area (Å²) >= 11 is 0. The van der Waals surface area contributed by atoms with Crippen LogP contribution >= 0.6 is 0 Å². The summed E-state index contributed by atoms with van der Waals surface area (Å²) in [6.07, 6.45) is 6.14. The monoisotopic (exact) mass is 513 g/mol. The number of primary amides is 1. The number of hydrogen-bond acceptors (Lipinski definition) is 5. The van der Waals surface area contributed by atoms with Gasteiger partial charge in [0.1, 0.15) is 0 Å². The summed E-state index contributed by atoms with van der Waals surface area (Å²) in [6.45, 7) is 6.20. The van der Waals surface area contributed by atoms with E-state index in [2.05, 4.69) is 34.2 Å². The van der Waals surface area contributed by atoms with Crippen molar-refractivity contribution in [2.75, 3.05) is 32.7 Å². The average molecular weight is 514 g/mol. The molecule has 0 radical (unpaired) electrons. The van der Waals surface area contributed by atoms with Gasteiger partial charge in [-0.2, -0.15) is 0 Å². The van der Waals surface area contributed by atoms with Gasteiger partial charge in [0.25, 0.3) is 5.91 Å². The van der Waals surface area contributed by atoms with Gasteiger partial charge in [-0.1, -0.05) is 67.8 Å². The molecule has 1 saturated heterocycles. The zero-order valence-electron chi connectivity index (χ0n) is 22.4. The van der Waals surface area contributed by atoms with Crippen LogP contribution in [0, 0.1) is 5.92 Å². The molecule has 1 aliphatic carbocycles. The normalized spacial score (nSPS) is 18.3. The number of pyridine rings is 1. The van der Waals surface area contributed by atoms with Crippen molar-refractivity contribution >= 4 is 22.7 Å². The smallest absolute Gasteiger partial charge is 0.252 e. The molecule has 2 amide bonds. The fourth-order valence-corrected chi connectivity index (χ4v) is 6.08. The summed E-state index contributed by atoms with van der Waals surface area (Å²) in [6, 6.07) is 18.3. The number of carbonyl (C=O) groups excluding carboxylic acids is 2. The second-order valence-corrected chi connectivity index (χ2v) is 10.9. The van der Waals surface area contributed by atoms with E-state index < -0.39 is 0 Å². The van der Waals surface area contributed by atoms with E-state index in [1.54, 1.807) is 0 Å². The van der Waals surface area contributed by atoms with Crippen molar-refractivity contribution in [1.82, 2.24) is 20.1 Å². The highest BCUT2D eigenvalue weighted by molar-refractivity contribution is 6.09. The molecule has 1 aliphatic heterocycles. The first-order valence-corrected chi connectivity index (χ1v) is 14.0. The van der Waals surface area contributed by atoms with Crippen molar-refractivity contribution in [1.29, 1.82) is 0 Å². The topological polar surface area (TPSA) is 91.6 Å². The number of hydrogen-bond donors (Lipinski definition) is 2. The first kappa shape index (κ1) is 26.3. The highest BCUT2D eigenvalue weighted by Crippen LogP contribution is 2.32. The van der Waals surface area contributed by atoms with Crippen molar-refractivity contribution in [3.63, 3.8) is 0 Å². The molecule has 2 aliphatic rings. The summed E-state index contributed by atoms with van der Waals surface area (Å²) in [5.41, 5.74) is 9.82. The molecule has 200 valence electrons. The number of carbonyl (C=O) groups is 2. The predicted octanol–water partition coefficient (Wildman–Crippen LogP) is 4.20. The van der Waals surface area contributed by atoms with Gasteiger partial charge in [-0.25, -0.2) is 4.98 Å². The molecule has 1 atom stereocenters. The van der Waals surface area contributed by atoms with E-state index in [0.29, 0.717) is 12.5 Å². The average Bonchev–Trinajstić information content (AvgIpc) is 2.94. The molecule has 0 unspecified atom stereocenters. The number of fused-ring (bicyclic) bond motifs is 1. The summed E-state index contributed by atoms with van der Waals surface area (Å²) in [5, 5.41) is 4.29. The Kier molecular flexibility index (Phi) is 8.35. The van der Waals surface area contributed by atoms with Crippen LogP contribution in [0.15, 0.2) is 54.6 Å². The lowest BCUT2D eigenvalue weighted by molar-refractivity contribution is -0.119. The van der Waals surface area contributed by atoms with E-state index in [1.807, 2.05) is 42.5 Å². The first-order chi connectivity index (χ1) is 18.5. The quantitative estimate of drug-likeness (QED) is 0.471. The van der Waals surface area contributed by atoms with Gasteiger partial charge < -0.3 is 11.1 Å². The minimum Gasteiger partial charge on any atom is -0.369 e. The third kappa shape index (κ3) is 6.05. The van der Waals surface area contributed by atoms with Crippen molar-refractivity contribution in [3.8, 4) is 11.3 Å². The van der Waals surface area contributed by atoms with Crippen LogP contribution in [0.3, 0.4) is 0 Å². The Labute approximate surface area is 225 Å². The Morgan fingerprint density at radius 1 is 0.947 bits per heavy atom. The molecule has 0 spiro atoms. The Morgan fingerprint density at radius 2 is 1.61 bits per heavy atom. The van der Waals surface area contributed by atoms with Gasteiger partial charge in [-0.3, -0.25) is 19.4 Å². The van der Waals surface area contributed by atoms with Crippen LogP contribution in [0.1, 0.15) is 54.9 Å². The number of piperazine rings is 1. The fourth-order valence-electron chi connectivity index (χ4n) is 6.08. The third-order valence-corrected chi connectivity index (χ3v) is 8.21. The number of nitrogens with zero attached hydrogens (tertiary/aromatic N) is 3. The van der Waals surface area contributed by atoms with E-state index >= 15 is 0 Å². The van der Waals surface area contributed by atoms with Crippen molar-refractivity contribution < 1.29 is 9.59 Å². The molecule has 7 heteroatoms. The summed E-state index contributed by atoms with van der Waals surface area (Å²) in [4.78, 5) is 35.1. The number of para-hydroxylation sites is 1. The maximum absolute atomic E-state index is 14.1. The minimum absolute atomic E-state index is 0.0128. The molecule has 38 heavy (non-hydrogen) atoms. The Hall–Kier alpha value is -3.29. The van der Waals surface area contributed by atoms with Crippen molar-refractivity contribution in [3.05, 3.63) is 65.7 Å². The molecule has 2 heterocycles. The van der Waals surface area contributed by atoms with E-state index in [-0.39, 0.29) is 24.4 Å². The van der Waals surface area contributed by atoms with Gasteiger partial charge in [0.15, 0.2) is 0 Å². The van der Waals surface area contributed by atoms with Gasteiger partial charge in [0.05, 0.1) is 23.3 Å². The van der Waals surface area contributed by atoms with Crippen LogP contribution in [-0.2, 0) is 11.3 Å².